The molecule has 0 saturated carbocycles. The molecule has 0 spiro atoms. The molecule has 5 nitrogen and oxygen atoms in total. The van der Waals surface area contributed by atoms with Crippen molar-refractivity contribution in [3.05, 3.63) is 34.9 Å². The number of nitrogens with zero attached hydrogens (tertiary/aromatic N) is 2. The Morgan fingerprint density at radius 3 is 3.05 bits per heavy atom. The zero-order valence-electron chi connectivity index (χ0n) is 11.3. The Morgan fingerprint density at radius 2 is 2.35 bits per heavy atom. The number of carbonyl (C=O) groups is 1. The molecule has 0 radical (unpaired) electrons. The molecule has 1 heterocycles. The van der Waals surface area contributed by atoms with Crippen molar-refractivity contribution in [2.24, 2.45) is 0 Å². The number of hydrogen-bond donors (Lipinski definition) is 2. The van der Waals surface area contributed by atoms with Crippen molar-refractivity contribution in [3.8, 4) is 0 Å². The Kier molecular flexibility index (Phi) is 4.97. The van der Waals surface area contributed by atoms with Gasteiger partial charge in [0.15, 0.2) is 4.77 Å². The number of thioether (sulfide) groups is 1. The van der Waals surface area contributed by atoms with E-state index >= 15 is 0 Å². The van der Waals surface area contributed by atoms with Crippen molar-refractivity contribution in [1.29, 1.82) is 0 Å². The maximum absolute atomic E-state index is 12.0. The van der Waals surface area contributed by atoms with Crippen LogP contribution in [0.2, 0.25) is 0 Å². The second-order valence-electron chi connectivity index (χ2n) is 4.15. The summed E-state index contributed by atoms with van der Waals surface area (Å²) in [5.74, 6) is 0.544. The highest BCUT2D eigenvalue weighted by molar-refractivity contribution is 7.98. The lowest BCUT2D eigenvalue weighted by Crippen LogP contribution is -2.17. The topological polar surface area (TPSA) is 62.7 Å². The summed E-state index contributed by atoms with van der Waals surface area (Å²) in [7, 11) is 0. The van der Waals surface area contributed by atoms with Crippen LogP contribution in [0.5, 0.6) is 0 Å². The normalized spacial score (nSPS) is 10.5. The number of hydrogen-bond acceptors (Lipinski definition) is 4. The summed E-state index contributed by atoms with van der Waals surface area (Å²) in [5, 5.41) is 9.66. The summed E-state index contributed by atoms with van der Waals surface area (Å²) in [6, 6.07) is 7.74. The average molecular weight is 308 g/mol. The average Bonchev–Trinajstić information content (AvgIpc) is 2.79. The first kappa shape index (κ1) is 14.8. The number of H-pyrrole nitrogens is 1. The highest BCUT2D eigenvalue weighted by Crippen LogP contribution is 2.19. The van der Waals surface area contributed by atoms with Crippen LogP contribution in [0.1, 0.15) is 12.7 Å². The molecule has 0 saturated heterocycles. The number of anilines is 1. The summed E-state index contributed by atoms with van der Waals surface area (Å²) in [4.78, 5) is 13.1. The molecule has 0 aliphatic rings. The van der Waals surface area contributed by atoms with Crippen LogP contribution in [0.15, 0.2) is 29.2 Å². The molecule has 1 aromatic carbocycles. The molecule has 0 aliphatic carbocycles. The molecular weight excluding hydrogens is 292 g/mol. The van der Waals surface area contributed by atoms with E-state index < -0.39 is 0 Å². The minimum atomic E-state index is -0.105. The standard InChI is InChI=1S/C13H16N4OS2/c1-3-17-11(15-16-13(17)19)8-12(18)14-9-5-4-6-10(7-9)20-2/h4-7H,3,8H2,1-2H3,(H,14,18)(H,16,19). The van der Waals surface area contributed by atoms with E-state index in [-0.39, 0.29) is 12.3 Å². The summed E-state index contributed by atoms with van der Waals surface area (Å²) in [6.45, 7) is 2.66. The van der Waals surface area contributed by atoms with Crippen molar-refractivity contribution in [2.75, 3.05) is 11.6 Å². The molecule has 2 N–H and O–H groups in total. The first-order valence-corrected chi connectivity index (χ1v) is 7.85. The highest BCUT2D eigenvalue weighted by atomic mass is 32.2. The van der Waals surface area contributed by atoms with Gasteiger partial charge in [0, 0.05) is 17.1 Å². The molecular formula is C13H16N4OS2. The Morgan fingerprint density at radius 1 is 1.55 bits per heavy atom. The van der Waals surface area contributed by atoms with E-state index in [1.165, 1.54) is 0 Å². The number of aromatic amines is 1. The second kappa shape index (κ2) is 6.71. The van der Waals surface area contributed by atoms with E-state index in [1.807, 2.05) is 42.0 Å². The van der Waals surface area contributed by atoms with Crippen molar-refractivity contribution >= 4 is 35.6 Å². The lowest BCUT2D eigenvalue weighted by molar-refractivity contribution is -0.115. The molecule has 7 heteroatoms. The highest BCUT2D eigenvalue weighted by Gasteiger charge is 2.10. The minimum absolute atomic E-state index is 0.105. The number of carbonyl (C=O) groups excluding carboxylic acids is 1. The van der Waals surface area contributed by atoms with Gasteiger partial charge >= 0.3 is 0 Å². The number of aromatic nitrogens is 3. The summed E-state index contributed by atoms with van der Waals surface area (Å²) < 4.78 is 2.35. The van der Waals surface area contributed by atoms with Crippen LogP contribution in [0.4, 0.5) is 5.69 Å². The Balaban J connectivity index is 2.07. The maximum atomic E-state index is 12.0. The van der Waals surface area contributed by atoms with E-state index in [9.17, 15) is 4.79 Å². The summed E-state index contributed by atoms with van der Waals surface area (Å²) in [6.07, 6.45) is 2.20. The van der Waals surface area contributed by atoms with Gasteiger partial charge in [-0.3, -0.25) is 9.89 Å². The van der Waals surface area contributed by atoms with Gasteiger partial charge in [-0.05, 0) is 43.6 Å². The molecule has 0 bridgehead atoms. The third-order valence-corrected chi connectivity index (χ3v) is 3.86. The van der Waals surface area contributed by atoms with Gasteiger partial charge in [-0.2, -0.15) is 5.10 Å². The molecule has 1 aromatic heterocycles. The van der Waals surface area contributed by atoms with Gasteiger partial charge in [-0.15, -0.1) is 11.8 Å². The largest absolute Gasteiger partial charge is 0.326 e. The van der Waals surface area contributed by atoms with Crippen molar-refractivity contribution in [1.82, 2.24) is 14.8 Å². The predicted molar refractivity (Wildman–Crippen MR) is 83.6 cm³/mol. The third-order valence-electron chi connectivity index (χ3n) is 2.83. The van der Waals surface area contributed by atoms with Gasteiger partial charge in [0.2, 0.25) is 5.91 Å². The molecule has 1 amide bonds. The van der Waals surface area contributed by atoms with Gasteiger partial charge in [0.1, 0.15) is 5.82 Å². The first-order valence-electron chi connectivity index (χ1n) is 6.22. The van der Waals surface area contributed by atoms with Crippen molar-refractivity contribution in [3.63, 3.8) is 0 Å². The zero-order valence-corrected chi connectivity index (χ0v) is 13.0. The molecule has 0 aliphatic heterocycles. The quantitative estimate of drug-likeness (QED) is 0.658. The Hall–Kier alpha value is -1.60. The fraction of sp³-hybridized carbons (Fsp3) is 0.308. The van der Waals surface area contributed by atoms with E-state index in [2.05, 4.69) is 15.5 Å². The molecule has 106 valence electrons. The molecule has 2 aromatic rings. The van der Waals surface area contributed by atoms with E-state index in [0.29, 0.717) is 17.1 Å². The number of benzene rings is 1. The van der Waals surface area contributed by atoms with Crippen LogP contribution in [-0.4, -0.2) is 26.9 Å². The summed E-state index contributed by atoms with van der Waals surface area (Å²) >= 11 is 6.73. The number of rotatable bonds is 5. The lowest BCUT2D eigenvalue weighted by Gasteiger charge is -2.07. The van der Waals surface area contributed by atoms with Crippen LogP contribution in [-0.2, 0) is 17.8 Å². The van der Waals surface area contributed by atoms with Gasteiger partial charge in [-0.1, -0.05) is 6.07 Å². The van der Waals surface area contributed by atoms with E-state index in [0.717, 1.165) is 10.6 Å². The van der Waals surface area contributed by atoms with Crippen LogP contribution in [0, 0.1) is 4.77 Å². The number of nitrogens with one attached hydrogen (secondary N) is 2. The summed E-state index contributed by atoms with van der Waals surface area (Å²) in [5.41, 5.74) is 0.791. The fourth-order valence-electron chi connectivity index (χ4n) is 1.86. The maximum Gasteiger partial charge on any atom is 0.232 e. The first-order chi connectivity index (χ1) is 9.63. The van der Waals surface area contributed by atoms with E-state index in [4.69, 9.17) is 12.2 Å². The van der Waals surface area contributed by atoms with Gasteiger partial charge in [0.05, 0.1) is 6.42 Å². The van der Waals surface area contributed by atoms with Crippen molar-refractivity contribution < 1.29 is 4.79 Å². The monoisotopic (exact) mass is 308 g/mol. The van der Waals surface area contributed by atoms with Crippen LogP contribution in [0.25, 0.3) is 0 Å². The van der Waals surface area contributed by atoms with Crippen molar-refractivity contribution in [2.45, 2.75) is 24.8 Å². The second-order valence-corrected chi connectivity index (χ2v) is 5.41. The lowest BCUT2D eigenvalue weighted by atomic mass is 10.3. The smallest absolute Gasteiger partial charge is 0.232 e. The van der Waals surface area contributed by atoms with E-state index in [1.54, 1.807) is 11.8 Å². The van der Waals surface area contributed by atoms with Gasteiger partial charge in [-0.25, -0.2) is 0 Å². The SMILES string of the molecule is CCn1c(CC(=O)Nc2cccc(SC)c2)n[nH]c1=S. The Labute approximate surface area is 126 Å². The van der Waals surface area contributed by atoms with Crippen LogP contribution in [0.3, 0.4) is 0 Å². The third kappa shape index (κ3) is 3.49. The molecule has 2 rings (SSSR count). The number of amides is 1. The van der Waals surface area contributed by atoms with Gasteiger partial charge < -0.3 is 9.88 Å². The predicted octanol–water partition coefficient (Wildman–Crippen LogP) is 2.86. The zero-order chi connectivity index (χ0) is 14.5. The van der Waals surface area contributed by atoms with Crippen LogP contribution < -0.4 is 5.32 Å². The molecule has 0 fully saturated rings. The van der Waals surface area contributed by atoms with Gasteiger partial charge in [0.25, 0.3) is 0 Å². The Bertz CT molecular complexity index is 662. The van der Waals surface area contributed by atoms with Crippen LogP contribution >= 0.6 is 24.0 Å². The fourth-order valence-corrected chi connectivity index (χ4v) is 2.60. The minimum Gasteiger partial charge on any atom is -0.326 e. The molecule has 0 unspecified atom stereocenters. The molecule has 20 heavy (non-hydrogen) atoms. The molecule has 0 atom stereocenters.